The maximum absolute atomic E-state index is 11.1. The van der Waals surface area contributed by atoms with E-state index in [1.54, 1.807) is 0 Å². The Balaban J connectivity index is 1.90. The van der Waals surface area contributed by atoms with Crippen LogP contribution in [0.4, 0.5) is 0 Å². The zero-order valence-electron chi connectivity index (χ0n) is 8.88. The van der Waals surface area contributed by atoms with Gasteiger partial charge in [0.25, 0.3) is 0 Å². The number of ether oxygens (including phenoxy) is 3. The maximum Gasteiger partial charge on any atom is 0.376 e. The first-order chi connectivity index (χ1) is 7.79. The van der Waals surface area contributed by atoms with Gasteiger partial charge in [-0.2, -0.15) is 0 Å². The molecule has 0 bridgehead atoms. The Morgan fingerprint density at radius 1 is 1.38 bits per heavy atom. The Bertz CT molecular complexity index is 397. The number of esters is 1. The number of hydrogen-bond donors (Lipinski definition) is 0. The summed E-state index contributed by atoms with van der Waals surface area (Å²) in [5, 5.41) is 0. The first-order valence-corrected chi connectivity index (χ1v) is 4.94. The lowest BCUT2D eigenvalue weighted by atomic mass is 10.1. The molecule has 2 rings (SSSR count). The van der Waals surface area contributed by atoms with Gasteiger partial charge >= 0.3 is 5.97 Å². The standard InChI is InChI=1S/C12H12O4/c1-14-12(13)10-8-15-11(16-10)7-9-5-3-2-4-6-9/h2-6,8,11H,7H2,1H3. The van der Waals surface area contributed by atoms with Crippen LogP contribution in [0.2, 0.25) is 0 Å². The number of carbonyl (C=O) groups is 1. The van der Waals surface area contributed by atoms with Crippen molar-refractivity contribution in [2.24, 2.45) is 0 Å². The normalized spacial score (nSPS) is 18.3. The molecule has 1 atom stereocenters. The lowest BCUT2D eigenvalue weighted by Gasteiger charge is -2.10. The molecule has 4 heteroatoms. The fraction of sp³-hybridized carbons (Fsp3) is 0.250. The average Bonchev–Trinajstić information content (AvgIpc) is 2.78. The van der Waals surface area contributed by atoms with Gasteiger partial charge in [0, 0.05) is 6.42 Å². The molecule has 16 heavy (non-hydrogen) atoms. The van der Waals surface area contributed by atoms with Crippen molar-refractivity contribution in [3.63, 3.8) is 0 Å². The summed E-state index contributed by atoms with van der Waals surface area (Å²) in [6.07, 6.45) is 1.44. The van der Waals surface area contributed by atoms with Crippen LogP contribution >= 0.6 is 0 Å². The Labute approximate surface area is 93.4 Å². The molecule has 0 saturated heterocycles. The van der Waals surface area contributed by atoms with E-state index in [4.69, 9.17) is 9.47 Å². The molecule has 1 aromatic carbocycles. The van der Waals surface area contributed by atoms with Crippen LogP contribution in [0, 0.1) is 0 Å². The second kappa shape index (κ2) is 4.70. The van der Waals surface area contributed by atoms with Crippen molar-refractivity contribution in [3.05, 3.63) is 47.9 Å². The third-order valence-electron chi connectivity index (χ3n) is 2.22. The predicted octanol–water partition coefficient (Wildman–Crippen LogP) is 1.62. The molecule has 0 aromatic heterocycles. The van der Waals surface area contributed by atoms with Crippen LogP contribution in [0.15, 0.2) is 42.4 Å². The lowest BCUT2D eigenvalue weighted by molar-refractivity contribution is -0.142. The molecule has 4 nitrogen and oxygen atoms in total. The minimum atomic E-state index is -0.518. The van der Waals surface area contributed by atoms with Crippen molar-refractivity contribution in [1.82, 2.24) is 0 Å². The van der Waals surface area contributed by atoms with Crippen LogP contribution in [0.3, 0.4) is 0 Å². The largest absolute Gasteiger partial charge is 0.463 e. The molecule has 0 radical (unpaired) electrons. The van der Waals surface area contributed by atoms with Crippen LogP contribution in [0.1, 0.15) is 5.56 Å². The molecule has 1 heterocycles. The average molecular weight is 220 g/mol. The van der Waals surface area contributed by atoms with Gasteiger partial charge in [-0.1, -0.05) is 30.3 Å². The van der Waals surface area contributed by atoms with Crippen LogP contribution in [0.5, 0.6) is 0 Å². The van der Waals surface area contributed by atoms with Gasteiger partial charge in [0.05, 0.1) is 7.11 Å². The Kier molecular flexibility index (Phi) is 3.10. The second-order valence-electron chi connectivity index (χ2n) is 3.35. The summed E-state index contributed by atoms with van der Waals surface area (Å²) in [6, 6.07) is 9.78. The molecule has 0 saturated carbocycles. The summed E-state index contributed by atoms with van der Waals surface area (Å²) in [5.41, 5.74) is 1.09. The highest BCUT2D eigenvalue weighted by Gasteiger charge is 2.25. The third-order valence-corrected chi connectivity index (χ3v) is 2.22. The van der Waals surface area contributed by atoms with E-state index in [-0.39, 0.29) is 5.76 Å². The molecular weight excluding hydrogens is 208 g/mol. The van der Waals surface area contributed by atoms with E-state index >= 15 is 0 Å². The van der Waals surface area contributed by atoms with Crippen molar-refractivity contribution >= 4 is 5.97 Å². The monoisotopic (exact) mass is 220 g/mol. The first kappa shape index (κ1) is 10.5. The fourth-order valence-corrected chi connectivity index (χ4v) is 1.43. The van der Waals surface area contributed by atoms with Crippen LogP contribution in [0.25, 0.3) is 0 Å². The van der Waals surface area contributed by atoms with E-state index < -0.39 is 12.3 Å². The van der Waals surface area contributed by atoms with Gasteiger partial charge in [-0.25, -0.2) is 4.79 Å². The molecule has 1 unspecified atom stereocenters. The highest BCUT2D eigenvalue weighted by Crippen LogP contribution is 2.18. The van der Waals surface area contributed by atoms with E-state index in [0.29, 0.717) is 6.42 Å². The predicted molar refractivity (Wildman–Crippen MR) is 56.2 cm³/mol. The summed E-state index contributed by atoms with van der Waals surface area (Å²) in [7, 11) is 1.30. The van der Waals surface area contributed by atoms with Gasteiger partial charge in [0.1, 0.15) is 6.26 Å². The molecule has 0 fully saturated rings. The van der Waals surface area contributed by atoms with Gasteiger partial charge in [-0.15, -0.1) is 0 Å². The highest BCUT2D eigenvalue weighted by molar-refractivity contribution is 5.86. The van der Waals surface area contributed by atoms with Gasteiger partial charge in [0.2, 0.25) is 12.0 Å². The van der Waals surface area contributed by atoms with E-state index in [2.05, 4.69) is 4.74 Å². The van der Waals surface area contributed by atoms with E-state index in [0.717, 1.165) is 5.56 Å². The molecule has 0 amide bonds. The van der Waals surface area contributed by atoms with Crippen LogP contribution < -0.4 is 0 Å². The topological polar surface area (TPSA) is 44.8 Å². The van der Waals surface area contributed by atoms with Gasteiger partial charge in [-0.3, -0.25) is 0 Å². The Morgan fingerprint density at radius 2 is 2.12 bits per heavy atom. The van der Waals surface area contributed by atoms with Gasteiger partial charge < -0.3 is 14.2 Å². The van der Waals surface area contributed by atoms with E-state index in [1.807, 2.05) is 30.3 Å². The highest BCUT2D eigenvalue weighted by atomic mass is 16.7. The smallest absolute Gasteiger partial charge is 0.376 e. The van der Waals surface area contributed by atoms with Crippen molar-refractivity contribution in [1.29, 1.82) is 0 Å². The molecule has 84 valence electrons. The quantitative estimate of drug-likeness (QED) is 0.726. The first-order valence-electron chi connectivity index (χ1n) is 4.94. The number of benzene rings is 1. The fourth-order valence-electron chi connectivity index (χ4n) is 1.43. The van der Waals surface area contributed by atoms with Gasteiger partial charge in [-0.05, 0) is 5.56 Å². The third kappa shape index (κ3) is 2.34. The Morgan fingerprint density at radius 3 is 2.81 bits per heavy atom. The molecule has 0 aliphatic carbocycles. The van der Waals surface area contributed by atoms with Gasteiger partial charge in [0.15, 0.2) is 0 Å². The molecule has 0 spiro atoms. The molecule has 0 N–H and O–H groups in total. The van der Waals surface area contributed by atoms with Crippen LogP contribution in [-0.4, -0.2) is 19.4 Å². The van der Waals surface area contributed by atoms with E-state index in [9.17, 15) is 4.79 Å². The lowest BCUT2D eigenvalue weighted by Crippen LogP contribution is -2.14. The summed E-state index contributed by atoms with van der Waals surface area (Å²) in [5.74, 6) is -0.404. The number of methoxy groups -OCH3 is 1. The molecule has 1 aliphatic rings. The zero-order chi connectivity index (χ0) is 11.4. The second-order valence-corrected chi connectivity index (χ2v) is 3.35. The maximum atomic E-state index is 11.1. The summed E-state index contributed by atoms with van der Waals surface area (Å²) >= 11 is 0. The summed E-state index contributed by atoms with van der Waals surface area (Å²) in [4.78, 5) is 11.1. The van der Waals surface area contributed by atoms with E-state index in [1.165, 1.54) is 13.4 Å². The van der Waals surface area contributed by atoms with Crippen molar-refractivity contribution in [2.75, 3.05) is 7.11 Å². The van der Waals surface area contributed by atoms with Crippen LogP contribution in [-0.2, 0) is 25.4 Å². The molecule has 1 aliphatic heterocycles. The summed E-state index contributed by atoms with van der Waals surface area (Å²) in [6.45, 7) is 0. The number of hydrogen-bond acceptors (Lipinski definition) is 4. The SMILES string of the molecule is COC(=O)C1=COC(Cc2ccccc2)O1. The van der Waals surface area contributed by atoms with Crippen molar-refractivity contribution in [3.8, 4) is 0 Å². The minimum absolute atomic E-state index is 0.114. The number of carbonyl (C=O) groups excluding carboxylic acids is 1. The Hall–Kier alpha value is -1.97. The number of rotatable bonds is 3. The minimum Gasteiger partial charge on any atom is -0.463 e. The zero-order valence-corrected chi connectivity index (χ0v) is 8.88. The van der Waals surface area contributed by atoms with Crippen molar-refractivity contribution < 1.29 is 19.0 Å². The molecular formula is C12H12O4. The van der Waals surface area contributed by atoms with Crippen molar-refractivity contribution in [2.45, 2.75) is 12.7 Å². The summed E-state index contributed by atoms with van der Waals surface area (Å²) < 4.78 is 15.0. The molecule has 1 aromatic rings.